The van der Waals surface area contributed by atoms with Crippen molar-refractivity contribution < 1.29 is 14.7 Å². The molecule has 0 saturated carbocycles. The molecule has 0 heterocycles. The molecule has 4 aromatic rings. The molecule has 1 atom stereocenters. The van der Waals surface area contributed by atoms with E-state index in [1.807, 2.05) is 121 Å². The van der Waals surface area contributed by atoms with Crippen LogP contribution in [-0.2, 0) is 9.59 Å². The van der Waals surface area contributed by atoms with E-state index in [-0.39, 0.29) is 16.9 Å². The Morgan fingerprint density at radius 3 is 1.37 bits per heavy atom. The van der Waals surface area contributed by atoms with Crippen LogP contribution >= 0.6 is 11.8 Å². The monoisotopic (exact) mass is 481 g/mol. The average Bonchev–Trinajstić information content (AvgIpc) is 2.90. The van der Waals surface area contributed by atoms with Crippen LogP contribution in [0.2, 0.25) is 0 Å². The van der Waals surface area contributed by atoms with Gasteiger partial charge in [0.25, 0.3) is 0 Å². The lowest BCUT2D eigenvalue weighted by molar-refractivity contribution is -0.141. The van der Waals surface area contributed by atoms with Crippen LogP contribution in [0, 0.1) is 0 Å². The lowest BCUT2D eigenvalue weighted by atomic mass is 9.90. The first-order chi connectivity index (χ1) is 17.1. The summed E-state index contributed by atoms with van der Waals surface area (Å²) in [7, 11) is 0. The predicted octanol–water partition coefficient (Wildman–Crippen LogP) is 5.91. The second kappa shape index (κ2) is 12.0. The summed E-state index contributed by atoms with van der Waals surface area (Å²) in [6.07, 6.45) is 0. The van der Waals surface area contributed by atoms with Crippen molar-refractivity contribution in [3.05, 3.63) is 144 Å². The van der Waals surface area contributed by atoms with Gasteiger partial charge in [-0.25, -0.2) is 4.79 Å². The molecule has 0 fully saturated rings. The smallest absolute Gasteiger partial charge is 0.327 e. The van der Waals surface area contributed by atoms with Gasteiger partial charge in [-0.3, -0.25) is 4.79 Å². The minimum atomic E-state index is -1.05. The standard InChI is InChI=1S/C30H27NO3S/c32-29(27(22-13-5-1-6-14-22)23-15-7-2-8-16-23)31-26(30(33)34)21-35-28(24-17-9-3-10-18-24)25-19-11-4-12-20-25/h1-20,26-28H,21H2,(H,31,32)(H,33,34)/t26-/m1/s1. The van der Waals surface area contributed by atoms with Crippen LogP contribution in [0.1, 0.15) is 33.4 Å². The predicted molar refractivity (Wildman–Crippen MR) is 141 cm³/mol. The maximum absolute atomic E-state index is 13.5. The number of hydrogen-bond donors (Lipinski definition) is 2. The van der Waals surface area contributed by atoms with Gasteiger partial charge in [0.15, 0.2) is 0 Å². The first-order valence-corrected chi connectivity index (χ1v) is 12.5. The molecule has 0 unspecified atom stereocenters. The van der Waals surface area contributed by atoms with E-state index in [0.29, 0.717) is 0 Å². The first kappa shape index (κ1) is 24.3. The summed E-state index contributed by atoms with van der Waals surface area (Å²) in [4.78, 5) is 25.6. The van der Waals surface area contributed by atoms with Crippen LogP contribution in [0.25, 0.3) is 0 Å². The van der Waals surface area contributed by atoms with Crippen molar-refractivity contribution in [1.29, 1.82) is 0 Å². The van der Waals surface area contributed by atoms with Gasteiger partial charge in [0.1, 0.15) is 6.04 Å². The molecule has 4 aromatic carbocycles. The van der Waals surface area contributed by atoms with Crippen LogP contribution in [0.15, 0.2) is 121 Å². The van der Waals surface area contributed by atoms with E-state index in [1.165, 1.54) is 11.8 Å². The summed E-state index contributed by atoms with van der Waals surface area (Å²) >= 11 is 1.51. The number of carbonyl (C=O) groups excluding carboxylic acids is 1. The second-order valence-corrected chi connectivity index (χ2v) is 9.33. The van der Waals surface area contributed by atoms with Crippen LogP contribution in [0.5, 0.6) is 0 Å². The zero-order valence-corrected chi connectivity index (χ0v) is 20.0. The Labute approximate surface area is 210 Å². The van der Waals surface area contributed by atoms with Gasteiger partial charge in [0, 0.05) is 5.75 Å². The van der Waals surface area contributed by atoms with Crippen LogP contribution in [0.3, 0.4) is 0 Å². The molecular formula is C30H27NO3S. The van der Waals surface area contributed by atoms with Crippen molar-refractivity contribution in [3.8, 4) is 0 Å². The lowest BCUT2D eigenvalue weighted by Crippen LogP contribution is -2.45. The number of carbonyl (C=O) groups is 2. The van der Waals surface area contributed by atoms with Gasteiger partial charge < -0.3 is 10.4 Å². The maximum atomic E-state index is 13.5. The van der Waals surface area contributed by atoms with Crippen molar-refractivity contribution in [2.75, 3.05) is 5.75 Å². The Hall–Kier alpha value is -3.83. The van der Waals surface area contributed by atoms with E-state index < -0.39 is 17.9 Å². The molecule has 0 bridgehead atoms. The summed E-state index contributed by atoms with van der Waals surface area (Å²) < 4.78 is 0. The quantitative estimate of drug-likeness (QED) is 0.295. The number of hydrogen-bond acceptors (Lipinski definition) is 3. The van der Waals surface area contributed by atoms with E-state index in [2.05, 4.69) is 5.32 Å². The van der Waals surface area contributed by atoms with Gasteiger partial charge in [-0.1, -0.05) is 121 Å². The highest BCUT2D eigenvalue weighted by Gasteiger charge is 2.29. The number of rotatable bonds is 10. The second-order valence-electron chi connectivity index (χ2n) is 8.19. The van der Waals surface area contributed by atoms with Gasteiger partial charge >= 0.3 is 5.97 Å². The number of carboxylic acid groups (broad SMARTS) is 1. The van der Waals surface area contributed by atoms with E-state index >= 15 is 0 Å². The number of carboxylic acids is 1. The fourth-order valence-electron chi connectivity index (χ4n) is 4.05. The molecule has 0 aliphatic rings. The Kier molecular flexibility index (Phi) is 8.36. The Morgan fingerprint density at radius 2 is 1.00 bits per heavy atom. The fraction of sp³-hybridized carbons (Fsp3) is 0.133. The highest BCUT2D eigenvalue weighted by atomic mass is 32.2. The van der Waals surface area contributed by atoms with E-state index in [9.17, 15) is 14.7 Å². The number of nitrogens with one attached hydrogen (secondary N) is 1. The van der Waals surface area contributed by atoms with Crippen LogP contribution < -0.4 is 5.32 Å². The molecule has 5 heteroatoms. The molecule has 0 spiro atoms. The highest BCUT2D eigenvalue weighted by molar-refractivity contribution is 7.99. The summed E-state index contributed by atoms with van der Waals surface area (Å²) in [6, 6.07) is 37.9. The van der Waals surface area contributed by atoms with Crippen molar-refractivity contribution in [1.82, 2.24) is 5.32 Å². The topological polar surface area (TPSA) is 66.4 Å². The number of amides is 1. The molecule has 0 radical (unpaired) electrons. The van der Waals surface area contributed by atoms with Crippen LogP contribution in [-0.4, -0.2) is 28.8 Å². The summed E-state index contributed by atoms with van der Waals surface area (Å²) in [6.45, 7) is 0. The van der Waals surface area contributed by atoms with Crippen molar-refractivity contribution >= 4 is 23.6 Å². The Bertz CT molecular complexity index is 1140. The SMILES string of the molecule is O=C(N[C@H](CSC(c1ccccc1)c1ccccc1)C(=O)O)C(c1ccccc1)c1ccccc1. The molecule has 0 aromatic heterocycles. The molecule has 1 amide bonds. The number of benzene rings is 4. The largest absolute Gasteiger partial charge is 0.480 e. The third-order valence-corrected chi connectivity index (χ3v) is 7.18. The molecule has 0 saturated heterocycles. The summed E-state index contributed by atoms with van der Waals surface area (Å²) in [5.41, 5.74) is 3.81. The molecule has 35 heavy (non-hydrogen) atoms. The van der Waals surface area contributed by atoms with Crippen LogP contribution in [0.4, 0.5) is 0 Å². The zero-order valence-electron chi connectivity index (χ0n) is 19.2. The highest BCUT2D eigenvalue weighted by Crippen LogP contribution is 2.36. The first-order valence-electron chi connectivity index (χ1n) is 11.5. The average molecular weight is 482 g/mol. The molecule has 176 valence electrons. The Morgan fingerprint density at radius 1 is 0.629 bits per heavy atom. The van der Waals surface area contributed by atoms with E-state index in [4.69, 9.17) is 0 Å². The van der Waals surface area contributed by atoms with E-state index in [0.717, 1.165) is 22.3 Å². The normalized spacial score (nSPS) is 11.8. The van der Waals surface area contributed by atoms with Gasteiger partial charge in [0.2, 0.25) is 5.91 Å². The zero-order chi connectivity index (χ0) is 24.5. The lowest BCUT2D eigenvalue weighted by Gasteiger charge is -2.23. The molecule has 0 aliphatic heterocycles. The third kappa shape index (κ3) is 6.40. The molecule has 0 aliphatic carbocycles. The summed E-state index contributed by atoms with van der Waals surface area (Å²) in [5, 5.41) is 12.7. The van der Waals surface area contributed by atoms with Gasteiger partial charge in [0.05, 0.1) is 11.2 Å². The van der Waals surface area contributed by atoms with Gasteiger partial charge in [-0.15, -0.1) is 11.8 Å². The van der Waals surface area contributed by atoms with Crippen molar-refractivity contribution in [2.24, 2.45) is 0 Å². The molecule has 4 nitrogen and oxygen atoms in total. The van der Waals surface area contributed by atoms with Gasteiger partial charge in [-0.2, -0.15) is 0 Å². The van der Waals surface area contributed by atoms with E-state index in [1.54, 1.807) is 0 Å². The number of aliphatic carboxylic acids is 1. The molecule has 2 N–H and O–H groups in total. The summed E-state index contributed by atoms with van der Waals surface area (Å²) in [5.74, 6) is -1.74. The maximum Gasteiger partial charge on any atom is 0.327 e. The fourth-order valence-corrected chi connectivity index (χ4v) is 5.36. The van der Waals surface area contributed by atoms with Crippen molar-refractivity contribution in [2.45, 2.75) is 17.2 Å². The Balaban J connectivity index is 1.55. The molecule has 4 rings (SSSR count). The number of thioether (sulfide) groups is 1. The van der Waals surface area contributed by atoms with Crippen molar-refractivity contribution in [3.63, 3.8) is 0 Å². The minimum absolute atomic E-state index is 0.0461. The minimum Gasteiger partial charge on any atom is -0.480 e. The molecular weight excluding hydrogens is 454 g/mol. The van der Waals surface area contributed by atoms with Gasteiger partial charge in [-0.05, 0) is 22.3 Å². The third-order valence-electron chi connectivity index (χ3n) is 5.78.